The van der Waals surface area contributed by atoms with E-state index in [1.54, 1.807) is 12.3 Å². The Balaban J connectivity index is 1.88. The first-order valence-electron chi connectivity index (χ1n) is 9.31. The third kappa shape index (κ3) is 4.06. The molecule has 0 radical (unpaired) electrons. The first-order valence-corrected chi connectivity index (χ1v) is 10.1. The van der Waals surface area contributed by atoms with Gasteiger partial charge in [0.15, 0.2) is 0 Å². The maximum Gasteiger partial charge on any atom is 0.224 e. The summed E-state index contributed by atoms with van der Waals surface area (Å²) in [5, 5.41) is 4.49. The van der Waals surface area contributed by atoms with Gasteiger partial charge < -0.3 is 5.32 Å². The molecule has 0 spiro atoms. The van der Waals surface area contributed by atoms with Crippen LogP contribution in [0.5, 0.6) is 0 Å². The third-order valence-electron chi connectivity index (χ3n) is 5.08. The number of pyridine rings is 1. The topological polar surface area (TPSA) is 42.0 Å². The SMILES string of the molecule is O=C(NC(Cc1ccccc1)(c1cccc(Cl)c1)c1ccc(Cl)cn1)C1CC1. The fourth-order valence-electron chi connectivity index (χ4n) is 3.46. The molecule has 1 saturated carbocycles. The van der Waals surface area contributed by atoms with Crippen LogP contribution in [0.25, 0.3) is 0 Å². The molecule has 1 unspecified atom stereocenters. The minimum absolute atomic E-state index is 0.0488. The summed E-state index contributed by atoms with van der Waals surface area (Å²) in [6.07, 6.45) is 4.03. The van der Waals surface area contributed by atoms with Crippen molar-refractivity contribution in [1.82, 2.24) is 10.3 Å². The van der Waals surface area contributed by atoms with E-state index in [4.69, 9.17) is 23.2 Å². The van der Waals surface area contributed by atoms with Gasteiger partial charge in [0, 0.05) is 23.6 Å². The summed E-state index contributed by atoms with van der Waals surface area (Å²) in [5.41, 5.74) is 1.89. The summed E-state index contributed by atoms with van der Waals surface area (Å²) in [4.78, 5) is 17.5. The fraction of sp³-hybridized carbons (Fsp3) is 0.217. The number of hydrogen-bond donors (Lipinski definition) is 1. The molecule has 142 valence electrons. The number of aromatic nitrogens is 1. The van der Waals surface area contributed by atoms with E-state index in [-0.39, 0.29) is 11.8 Å². The molecule has 5 heteroatoms. The van der Waals surface area contributed by atoms with E-state index in [2.05, 4.69) is 22.4 Å². The highest BCUT2D eigenvalue weighted by molar-refractivity contribution is 6.30. The lowest BCUT2D eigenvalue weighted by Crippen LogP contribution is -2.49. The van der Waals surface area contributed by atoms with Crippen molar-refractivity contribution in [2.75, 3.05) is 0 Å². The molecule has 1 heterocycles. The van der Waals surface area contributed by atoms with Crippen LogP contribution in [-0.4, -0.2) is 10.9 Å². The van der Waals surface area contributed by atoms with E-state index >= 15 is 0 Å². The molecule has 2 aromatic carbocycles. The molecule has 0 saturated heterocycles. The Kier molecular flexibility index (Phi) is 5.38. The molecular formula is C23H20Cl2N2O. The van der Waals surface area contributed by atoms with Gasteiger partial charge in [-0.2, -0.15) is 0 Å². The van der Waals surface area contributed by atoms with E-state index in [1.807, 2.05) is 48.5 Å². The second-order valence-electron chi connectivity index (χ2n) is 7.20. The van der Waals surface area contributed by atoms with Crippen LogP contribution in [0.3, 0.4) is 0 Å². The number of carbonyl (C=O) groups excluding carboxylic acids is 1. The number of nitrogens with zero attached hydrogens (tertiary/aromatic N) is 1. The van der Waals surface area contributed by atoms with Crippen molar-refractivity contribution in [2.45, 2.75) is 24.8 Å². The lowest BCUT2D eigenvalue weighted by atomic mass is 9.80. The number of carbonyl (C=O) groups is 1. The Bertz CT molecular complexity index is 971. The lowest BCUT2D eigenvalue weighted by molar-refractivity contribution is -0.124. The zero-order chi connectivity index (χ0) is 19.6. The van der Waals surface area contributed by atoms with Gasteiger partial charge in [0.25, 0.3) is 0 Å². The average molecular weight is 411 g/mol. The summed E-state index contributed by atoms with van der Waals surface area (Å²) in [6, 6.07) is 21.4. The van der Waals surface area contributed by atoms with Crippen molar-refractivity contribution < 1.29 is 4.79 Å². The third-order valence-corrected chi connectivity index (χ3v) is 5.54. The predicted octanol–water partition coefficient (Wildman–Crippen LogP) is 5.40. The summed E-state index contributed by atoms with van der Waals surface area (Å²) in [6.45, 7) is 0. The van der Waals surface area contributed by atoms with Crippen LogP contribution in [0.1, 0.15) is 29.7 Å². The number of benzene rings is 2. The van der Waals surface area contributed by atoms with Gasteiger partial charge in [-0.25, -0.2) is 0 Å². The minimum atomic E-state index is -0.837. The molecule has 4 rings (SSSR count). The molecule has 1 N–H and O–H groups in total. The maximum atomic E-state index is 12.9. The molecule has 1 fully saturated rings. The molecule has 0 aliphatic heterocycles. The molecule has 1 aliphatic rings. The minimum Gasteiger partial charge on any atom is -0.340 e. The summed E-state index contributed by atoms with van der Waals surface area (Å²) in [7, 11) is 0. The van der Waals surface area contributed by atoms with Crippen molar-refractivity contribution in [2.24, 2.45) is 5.92 Å². The van der Waals surface area contributed by atoms with Crippen molar-refractivity contribution in [3.8, 4) is 0 Å². The van der Waals surface area contributed by atoms with Gasteiger partial charge >= 0.3 is 0 Å². The molecular weight excluding hydrogens is 391 g/mol. The average Bonchev–Trinajstić information content (AvgIpc) is 3.54. The van der Waals surface area contributed by atoms with E-state index in [9.17, 15) is 4.79 Å². The second-order valence-corrected chi connectivity index (χ2v) is 8.08. The van der Waals surface area contributed by atoms with E-state index in [0.29, 0.717) is 16.5 Å². The molecule has 1 aliphatic carbocycles. The number of nitrogens with one attached hydrogen (secondary N) is 1. The number of halogens is 2. The Hall–Kier alpha value is -2.36. The molecule has 1 atom stereocenters. The summed E-state index contributed by atoms with van der Waals surface area (Å²) in [5.74, 6) is 0.120. The van der Waals surface area contributed by atoms with Crippen LogP contribution in [0.4, 0.5) is 0 Å². The van der Waals surface area contributed by atoms with E-state index < -0.39 is 5.54 Å². The Morgan fingerprint density at radius 1 is 1.00 bits per heavy atom. The van der Waals surface area contributed by atoms with Crippen LogP contribution in [-0.2, 0) is 16.8 Å². The van der Waals surface area contributed by atoms with Gasteiger partial charge in [0.05, 0.1) is 10.7 Å². The summed E-state index contributed by atoms with van der Waals surface area (Å²) >= 11 is 12.4. The molecule has 3 nitrogen and oxygen atoms in total. The molecule has 1 amide bonds. The number of hydrogen-bond acceptors (Lipinski definition) is 2. The molecule has 0 bridgehead atoms. The normalized spacial score (nSPS) is 15.6. The second kappa shape index (κ2) is 7.94. The predicted molar refractivity (Wildman–Crippen MR) is 112 cm³/mol. The smallest absolute Gasteiger partial charge is 0.224 e. The highest BCUT2D eigenvalue weighted by atomic mass is 35.5. The van der Waals surface area contributed by atoms with E-state index in [0.717, 1.165) is 29.7 Å². The standard InChI is InChI=1S/C23H20Cl2N2O/c24-19-8-4-7-18(13-19)23(27-22(28)17-9-10-17,14-16-5-2-1-3-6-16)21-12-11-20(25)15-26-21/h1-8,11-13,15,17H,9-10,14H2,(H,27,28). The maximum absolute atomic E-state index is 12.9. The van der Waals surface area contributed by atoms with Crippen molar-refractivity contribution in [3.63, 3.8) is 0 Å². The van der Waals surface area contributed by atoms with Crippen LogP contribution in [0, 0.1) is 5.92 Å². The van der Waals surface area contributed by atoms with Crippen molar-refractivity contribution >= 4 is 29.1 Å². The Labute approximate surface area is 174 Å². The fourth-order valence-corrected chi connectivity index (χ4v) is 3.77. The van der Waals surface area contributed by atoms with Crippen LogP contribution >= 0.6 is 23.2 Å². The van der Waals surface area contributed by atoms with Crippen molar-refractivity contribution in [3.05, 3.63) is 99.8 Å². The van der Waals surface area contributed by atoms with Gasteiger partial charge in [-0.15, -0.1) is 0 Å². The largest absolute Gasteiger partial charge is 0.340 e. The highest BCUT2D eigenvalue weighted by Crippen LogP contribution is 2.37. The van der Waals surface area contributed by atoms with Gasteiger partial charge in [0.2, 0.25) is 5.91 Å². The monoisotopic (exact) mass is 410 g/mol. The highest BCUT2D eigenvalue weighted by Gasteiger charge is 2.41. The van der Waals surface area contributed by atoms with Crippen LogP contribution in [0.15, 0.2) is 72.9 Å². The van der Waals surface area contributed by atoms with Crippen LogP contribution < -0.4 is 5.32 Å². The van der Waals surface area contributed by atoms with Gasteiger partial charge in [-0.1, -0.05) is 65.7 Å². The zero-order valence-electron chi connectivity index (χ0n) is 15.2. The summed E-state index contributed by atoms with van der Waals surface area (Å²) < 4.78 is 0. The zero-order valence-corrected chi connectivity index (χ0v) is 16.8. The molecule has 3 aromatic rings. The number of amides is 1. The quantitative estimate of drug-likeness (QED) is 0.590. The first kappa shape index (κ1) is 19.0. The molecule has 1 aromatic heterocycles. The van der Waals surface area contributed by atoms with Crippen molar-refractivity contribution in [1.29, 1.82) is 0 Å². The van der Waals surface area contributed by atoms with E-state index in [1.165, 1.54) is 0 Å². The van der Waals surface area contributed by atoms with Crippen LogP contribution in [0.2, 0.25) is 10.0 Å². The number of rotatable bonds is 6. The Morgan fingerprint density at radius 2 is 1.79 bits per heavy atom. The molecule has 28 heavy (non-hydrogen) atoms. The van der Waals surface area contributed by atoms with Gasteiger partial charge in [-0.05, 0) is 48.2 Å². The van der Waals surface area contributed by atoms with Gasteiger partial charge in [-0.3, -0.25) is 9.78 Å². The first-order chi connectivity index (χ1) is 13.6. The lowest BCUT2D eigenvalue weighted by Gasteiger charge is -2.35. The van der Waals surface area contributed by atoms with Gasteiger partial charge in [0.1, 0.15) is 5.54 Å². The Morgan fingerprint density at radius 3 is 2.43 bits per heavy atom.